The Balaban J connectivity index is 1.59. The molecule has 5 rings (SSSR count). The third-order valence-corrected chi connectivity index (χ3v) is 8.04. The zero-order chi connectivity index (χ0) is 14.6. The summed E-state index contributed by atoms with van der Waals surface area (Å²) in [6, 6.07) is 5.45. The van der Waals surface area contributed by atoms with Gasteiger partial charge in [-0.15, -0.1) is 0 Å². The lowest BCUT2D eigenvalue weighted by Gasteiger charge is -2.55. The molecule has 21 heavy (non-hydrogen) atoms. The zero-order valence-corrected chi connectivity index (χ0v) is 14.1. The molecule has 1 atom stereocenters. The second kappa shape index (κ2) is 5.14. The Bertz CT molecular complexity index is 569. The summed E-state index contributed by atoms with van der Waals surface area (Å²) in [5, 5.41) is 0.974. The molecule has 4 fully saturated rings. The number of halogens is 2. The van der Waals surface area contributed by atoms with Gasteiger partial charge >= 0.3 is 0 Å². The van der Waals surface area contributed by atoms with Crippen LogP contribution in [0.2, 0.25) is 10.0 Å². The Labute approximate surface area is 138 Å². The van der Waals surface area contributed by atoms with Crippen LogP contribution < -0.4 is 4.72 Å². The molecule has 0 amide bonds. The lowest BCUT2D eigenvalue weighted by atomic mass is 9.56. The number of benzene rings is 1. The Morgan fingerprint density at radius 3 is 2.19 bits per heavy atom. The predicted molar refractivity (Wildman–Crippen MR) is 89.1 cm³/mol. The van der Waals surface area contributed by atoms with Gasteiger partial charge in [0.1, 0.15) is 11.0 Å². The van der Waals surface area contributed by atoms with E-state index in [9.17, 15) is 4.21 Å². The third kappa shape index (κ3) is 2.42. The van der Waals surface area contributed by atoms with Crippen LogP contribution in [0.3, 0.4) is 0 Å². The Kier molecular flexibility index (Phi) is 3.51. The minimum absolute atomic E-state index is 0.0413. The van der Waals surface area contributed by atoms with Crippen molar-refractivity contribution in [1.29, 1.82) is 0 Å². The molecule has 0 spiro atoms. The minimum atomic E-state index is -1.09. The first-order chi connectivity index (χ1) is 10.1. The van der Waals surface area contributed by atoms with Crippen molar-refractivity contribution in [2.24, 2.45) is 17.8 Å². The molecule has 1 aromatic rings. The second-order valence-electron chi connectivity index (χ2n) is 7.07. The molecule has 0 saturated heterocycles. The quantitative estimate of drug-likeness (QED) is 0.818. The van der Waals surface area contributed by atoms with E-state index in [1.165, 1.54) is 19.3 Å². The molecule has 1 N–H and O–H groups in total. The Morgan fingerprint density at radius 1 is 1.05 bits per heavy atom. The predicted octanol–water partition coefficient (Wildman–Crippen LogP) is 5.04. The van der Waals surface area contributed by atoms with Gasteiger partial charge in [0.25, 0.3) is 0 Å². The molecule has 1 aromatic carbocycles. The SMILES string of the molecule is O=[S@](Nc1cccc(Cl)c1Cl)C12CC3CC(CC(C3)C1)C2. The summed E-state index contributed by atoms with van der Waals surface area (Å²) in [4.78, 5) is 0. The number of hydrogen-bond donors (Lipinski definition) is 1. The molecular weight excluding hydrogens is 325 g/mol. The van der Waals surface area contributed by atoms with Gasteiger partial charge in [0, 0.05) is 0 Å². The number of nitrogens with one attached hydrogen (secondary N) is 1. The highest BCUT2D eigenvalue weighted by atomic mass is 35.5. The molecule has 0 unspecified atom stereocenters. The van der Waals surface area contributed by atoms with Crippen molar-refractivity contribution in [3.8, 4) is 0 Å². The summed E-state index contributed by atoms with van der Waals surface area (Å²) in [6.07, 6.45) is 7.39. The molecular formula is C16H19Cl2NOS. The summed E-state index contributed by atoms with van der Waals surface area (Å²) in [6.45, 7) is 0. The van der Waals surface area contributed by atoms with Gasteiger partial charge < -0.3 is 4.72 Å². The van der Waals surface area contributed by atoms with Crippen molar-refractivity contribution in [1.82, 2.24) is 0 Å². The largest absolute Gasteiger partial charge is 0.303 e. The van der Waals surface area contributed by atoms with Gasteiger partial charge in [-0.2, -0.15) is 0 Å². The van der Waals surface area contributed by atoms with Crippen LogP contribution in [0.25, 0.3) is 0 Å². The topological polar surface area (TPSA) is 29.1 Å². The van der Waals surface area contributed by atoms with Crippen LogP contribution in [0.4, 0.5) is 5.69 Å². The van der Waals surface area contributed by atoms with E-state index in [0.29, 0.717) is 15.7 Å². The van der Waals surface area contributed by atoms with Crippen LogP contribution in [-0.2, 0) is 11.0 Å². The molecule has 0 heterocycles. The van der Waals surface area contributed by atoms with Crippen molar-refractivity contribution in [2.75, 3.05) is 4.72 Å². The maximum atomic E-state index is 13.0. The average molecular weight is 344 g/mol. The average Bonchev–Trinajstić information content (AvgIpc) is 2.42. The highest BCUT2D eigenvalue weighted by molar-refractivity contribution is 7.87. The van der Waals surface area contributed by atoms with Gasteiger partial charge in [0.2, 0.25) is 0 Å². The van der Waals surface area contributed by atoms with Gasteiger partial charge in [-0.3, -0.25) is 0 Å². The molecule has 4 saturated carbocycles. The number of anilines is 1. The molecule has 0 radical (unpaired) electrons. The standard InChI is InChI=1S/C16H19Cl2NOS/c17-13-2-1-3-14(15(13)18)19-21(20)16-7-10-4-11(8-16)6-12(5-10)9-16/h1-3,10-12,19H,4-9H2/t10?,11?,12?,16?,21-/m0/s1. The monoisotopic (exact) mass is 343 g/mol. The first-order valence-corrected chi connectivity index (χ1v) is 9.59. The van der Waals surface area contributed by atoms with Crippen molar-refractivity contribution in [2.45, 2.75) is 43.3 Å². The molecule has 5 heteroatoms. The van der Waals surface area contributed by atoms with Gasteiger partial charge in [0.15, 0.2) is 0 Å². The van der Waals surface area contributed by atoms with Gasteiger partial charge in [-0.05, 0) is 68.4 Å². The third-order valence-electron chi connectivity index (χ3n) is 5.53. The fourth-order valence-corrected chi connectivity index (χ4v) is 7.20. The van der Waals surface area contributed by atoms with Crippen molar-refractivity contribution in [3.05, 3.63) is 28.2 Å². The van der Waals surface area contributed by atoms with Gasteiger partial charge in [-0.25, -0.2) is 4.21 Å². The molecule has 4 bridgehead atoms. The van der Waals surface area contributed by atoms with Crippen LogP contribution >= 0.6 is 23.2 Å². The van der Waals surface area contributed by atoms with Crippen LogP contribution in [0, 0.1) is 17.8 Å². The van der Waals surface area contributed by atoms with Crippen LogP contribution in [0.5, 0.6) is 0 Å². The summed E-state index contributed by atoms with van der Waals surface area (Å²) in [7, 11) is -1.09. The van der Waals surface area contributed by atoms with Crippen molar-refractivity contribution in [3.63, 3.8) is 0 Å². The van der Waals surface area contributed by atoms with E-state index in [-0.39, 0.29) is 4.75 Å². The highest BCUT2D eigenvalue weighted by Crippen LogP contribution is 2.58. The van der Waals surface area contributed by atoms with Gasteiger partial charge in [-0.1, -0.05) is 29.3 Å². The summed E-state index contributed by atoms with van der Waals surface area (Å²) >= 11 is 12.3. The van der Waals surface area contributed by atoms with E-state index in [1.54, 1.807) is 6.07 Å². The summed E-state index contributed by atoms with van der Waals surface area (Å²) in [5.74, 6) is 2.37. The molecule has 0 aromatic heterocycles. The lowest BCUT2D eigenvalue weighted by molar-refractivity contribution is 0.0363. The first-order valence-electron chi connectivity index (χ1n) is 7.68. The first kappa shape index (κ1) is 14.3. The molecule has 114 valence electrons. The van der Waals surface area contributed by atoms with E-state index >= 15 is 0 Å². The second-order valence-corrected chi connectivity index (χ2v) is 9.47. The van der Waals surface area contributed by atoms with Crippen LogP contribution in [0.15, 0.2) is 18.2 Å². The number of hydrogen-bond acceptors (Lipinski definition) is 1. The maximum absolute atomic E-state index is 13.0. The number of rotatable bonds is 3. The van der Waals surface area contributed by atoms with E-state index in [2.05, 4.69) is 4.72 Å². The van der Waals surface area contributed by atoms with E-state index in [1.807, 2.05) is 12.1 Å². The van der Waals surface area contributed by atoms with Crippen LogP contribution in [0.1, 0.15) is 38.5 Å². The molecule has 0 aliphatic heterocycles. The smallest absolute Gasteiger partial charge is 0.123 e. The maximum Gasteiger partial charge on any atom is 0.123 e. The summed E-state index contributed by atoms with van der Waals surface area (Å²) < 4.78 is 16.2. The fraction of sp³-hybridized carbons (Fsp3) is 0.625. The molecule has 4 aliphatic rings. The van der Waals surface area contributed by atoms with E-state index < -0.39 is 11.0 Å². The summed E-state index contributed by atoms with van der Waals surface area (Å²) in [5.41, 5.74) is 0.693. The van der Waals surface area contributed by atoms with Gasteiger partial charge in [0.05, 0.1) is 20.5 Å². The van der Waals surface area contributed by atoms with Crippen LogP contribution in [-0.4, -0.2) is 8.96 Å². The Hall–Kier alpha value is -0.250. The molecule has 2 nitrogen and oxygen atoms in total. The highest BCUT2D eigenvalue weighted by Gasteiger charge is 2.54. The van der Waals surface area contributed by atoms with Crippen molar-refractivity contribution < 1.29 is 4.21 Å². The van der Waals surface area contributed by atoms with E-state index in [4.69, 9.17) is 23.2 Å². The molecule has 4 aliphatic carbocycles. The fourth-order valence-electron chi connectivity index (χ4n) is 5.05. The van der Waals surface area contributed by atoms with E-state index in [0.717, 1.165) is 37.0 Å². The van der Waals surface area contributed by atoms with Crippen molar-refractivity contribution >= 4 is 39.9 Å². The zero-order valence-electron chi connectivity index (χ0n) is 11.8. The normalized spacial score (nSPS) is 38.5. The minimum Gasteiger partial charge on any atom is -0.303 e. The lowest BCUT2D eigenvalue weighted by Crippen LogP contribution is -2.54. The Morgan fingerprint density at radius 2 is 1.62 bits per heavy atom.